The lowest BCUT2D eigenvalue weighted by molar-refractivity contribution is 0.277. The third-order valence-corrected chi connectivity index (χ3v) is 4.95. The molecule has 1 fully saturated rings. The number of nitrogens with zero attached hydrogens (tertiary/aromatic N) is 4. The topological polar surface area (TPSA) is 53.9 Å². The molecule has 1 aliphatic heterocycles. The molecule has 1 aromatic carbocycles. The fraction of sp³-hybridized carbons (Fsp3) is 0.350. The van der Waals surface area contributed by atoms with Crippen molar-refractivity contribution in [2.24, 2.45) is 0 Å². The second-order valence-corrected chi connectivity index (χ2v) is 6.45. The van der Waals surface area contributed by atoms with Gasteiger partial charge in [0, 0.05) is 35.9 Å². The Hall–Kier alpha value is -2.53. The van der Waals surface area contributed by atoms with Crippen LogP contribution in [0.25, 0.3) is 22.3 Å². The zero-order valence-corrected chi connectivity index (χ0v) is 14.5. The second kappa shape index (κ2) is 7.15. The summed E-state index contributed by atoms with van der Waals surface area (Å²) in [7, 11) is 0. The molecule has 0 aliphatic carbocycles. The molecule has 5 heteroatoms. The highest BCUT2D eigenvalue weighted by Crippen LogP contribution is 2.25. The monoisotopic (exact) mass is 333 g/mol. The summed E-state index contributed by atoms with van der Waals surface area (Å²) in [6, 6.07) is 12.7. The molecule has 5 nitrogen and oxygen atoms in total. The van der Waals surface area contributed by atoms with Gasteiger partial charge in [-0.25, -0.2) is 9.97 Å². The van der Waals surface area contributed by atoms with Crippen LogP contribution in [0.4, 0.5) is 5.82 Å². The predicted molar refractivity (Wildman–Crippen MR) is 102 cm³/mol. The van der Waals surface area contributed by atoms with Crippen molar-refractivity contribution in [1.82, 2.24) is 19.9 Å². The van der Waals surface area contributed by atoms with Crippen molar-refractivity contribution in [3.63, 3.8) is 0 Å². The average molecular weight is 333 g/mol. The highest BCUT2D eigenvalue weighted by atomic mass is 15.2. The van der Waals surface area contributed by atoms with Gasteiger partial charge in [0.05, 0.1) is 5.52 Å². The number of fused-ring (bicyclic) bond motifs is 1. The van der Waals surface area contributed by atoms with Crippen LogP contribution in [0.2, 0.25) is 0 Å². The first kappa shape index (κ1) is 16.0. The number of aromatic nitrogens is 3. The van der Waals surface area contributed by atoms with Crippen molar-refractivity contribution in [2.75, 3.05) is 25.0 Å². The molecule has 0 unspecified atom stereocenters. The number of rotatable bonds is 5. The molecule has 1 N–H and O–H groups in total. The van der Waals surface area contributed by atoms with E-state index in [-0.39, 0.29) is 0 Å². The quantitative estimate of drug-likeness (QED) is 0.773. The second-order valence-electron chi connectivity index (χ2n) is 6.45. The van der Waals surface area contributed by atoms with Crippen LogP contribution >= 0.6 is 0 Å². The number of likely N-dealkylation sites (N-methyl/N-ethyl adjacent to an activating group) is 1. The average Bonchev–Trinajstić information content (AvgIpc) is 3.14. The maximum absolute atomic E-state index is 4.81. The van der Waals surface area contributed by atoms with Gasteiger partial charge in [-0.1, -0.05) is 19.1 Å². The molecular weight excluding hydrogens is 310 g/mol. The minimum absolute atomic E-state index is 0.586. The van der Waals surface area contributed by atoms with Crippen LogP contribution in [0.5, 0.6) is 0 Å². The summed E-state index contributed by atoms with van der Waals surface area (Å²) < 4.78 is 0. The number of anilines is 1. The molecule has 128 valence electrons. The molecule has 0 spiro atoms. The Morgan fingerprint density at radius 2 is 1.96 bits per heavy atom. The van der Waals surface area contributed by atoms with Crippen molar-refractivity contribution in [3.05, 3.63) is 48.8 Å². The third-order valence-electron chi connectivity index (χ3n) is 4.95. The van der Waals surface area contributed by atoms with Crippen LogP contribution in [0.1, 0.15) is 19.8 Å². The zero-order chi connectivity index (χ0) is 17.1. The van der Waals surface area contributed by atoms with Gasteiger partial charge in [0.2, 0.25) is 0 Å². The van der Waals surface area contributed by atoms with E-state index in [1.54, 1.807) is 12.4 Å². The van der Waals surface area contributed by atoms with Gasteiger partial charge in [-0.15, -0.1) is 0 Å². The van der Waals surface area contributed by atoms with Gasteiger partial charge in [0.25, 0.3) is 0 Å². The lowest BCUT2D eigenvalue weighted by Crippen LogP contribution is -2.34. The Bertz CT molecular complexity index is 849. The summed E-state index contributed by atoms with van der Waals surface area (Å²) in [4.78, 5) is 16.2. The molecular formula is C20H23N5. The summed E-state index contributed by atoms with van der Waals surface area (Å²) in [6.45, 7) is 5.47. The van der Waals surface area contributed by atoms with E-state index in [0.717, 1.165) is 41.2 Å². The standard InChI is InChI=1S/C20H23N5/c1-2-25-13-5-6-16(25)14-22-20-17-7-3-4-8-18(17)23-19(24-20)15-9-11-21-12-10-15/h3-4,7-12,16H,2,5-6,13-14H2,1H3,(H,22,23,24)/t16-/m1/s1. The lowest BCUT2D eigenvalue weighted by atomic mass is 10.2. The molecule has 3 aromatic rings. The highest BCUT2D eigenvalue weighted by molar-refractivity contribution is 5.90. The molecule has 0 bridgehead atoms. The maximum Gasteiger partial charge on any atom is 0.162 e. The lowest BCUT2D eigenvalue weighted by Gasteiger charge is -2.23. The summed E-state index contributed by atoms with van der Waals surface area (Å²) in [5.74, 6) is 1.66. The van der Waals surface area contributed by atoms with Crippen LogP contribution in [0.3, 0.4) is 0 Å². The smallest absolute Gasteiger partial charge is 0.162 e. The summed E-state index contributed by atoms with van der Waals surface area (Å²) in [5.41, 5.74) is 1.95. The summed E-state index contributed by atoms with van der Waals surface area (Å²) in [5, 5.41) is 4.67. The molecule has 0 radical (unpaired) electrons. The van der Waals surface area contributed by atoms with E-state index < -0.39 is 0 Å². The van der Waals surface area contributed by atoms with E-state index in [1.165, 1.54) is 19.4 Å². The number of nitrogens with one attached hydrogen (secondary N) is 1. The largest absolute Gasteiger partial charge is 0.368 e. The number of likely N-dealkylation sites (tertiary alicyclic amines) is 1. The van der Waals surface area contributed by atoms with E-state index in [9.17, 15) is 0 Å². The Morgan fingerprint density at radius 1 is 1.12 bits per heavy atom. The van der Waals surface area contributed by atoms with Crippen molar-refractivity contribution < 1.29 is 0 Å². The predicted octanol–water partition coefficient (Wildman–Crippen LogP) is 3.59. The first-order chi connectivity index (χ1) is 12.3. The van der Waals surface area contributed by atoms with Gasteiger partial charge in [-0.05, 0) is 50.2 Å². The van der Waals surface area contributed by atoms with E-state index in [4.69, 9.17) is 9.97 Å². The van der Waals surface area contributed by atoms with Crippen LogP contribution in [0.15, 0.2) is 48.8 Å². The van der Waals surface area contributed by atoms with Crippen LogP contribution in [0, 0.1) is 0 Å². The van der Waals surface area contributed by atoms with Crippen molar-refractivity contribution in [3.8, 4) is 11.4 Å². The first-order valence-electron chi connectivity index (χ1n) is 9.00. The Balaban J connectivity index is 1.67. The van der Waals surface area contributed by atoms with Crippen molar-refractivity contribution in [2.45, 2.75) is 25.8 Å². The van der Waals surface area contributed by atoms with Crippen molar-refractivity contribution >= 4 is 16.7 Å². The van der Waals surface area contributed by atoms with Gasteiger partial charge in [-0.2, -0.15) is 0 Å². The Kier molecular flexibility index (Phi) is 4.57. The Labute approximate surface area is 148 Å². The fourth-order valence-electron chi connectivity index (χ4n) is 3.60. The number of hydrogen-bond donors (Lipinski definition) is 1. The number of benzene rings is 1. The molecule has 0 amide bonds. The summed E-state index contributed by atoms with van der Waals surface area (Å²) >= 11 is 0. The van der Waals surface area contributed by atoms with E-state index >= 15 is 0 Å². The molecule has 25 heavy (non-hydrogen) atoms. The Morgan fingerprint density at radius 3 is 2.80 bits per heavy atom. The fourth-order valence-corrected chi connectivity index (χ4v) is 3.60. The number of para-hydroxylation sites is 1. The molecule has 0 saturated carbocycles. The van der Waals surface area contributed by atoms with Crippen LogP contribution in [-0.4, -0.2) is 45.5 Å². The molecule has 1 aliphatic rings. The van der Waals surface area contributed by atoms with E-state index in [1.807, 2.05) is 30.3 Å². The molecule has 4 rings (SSSR count). The van der Waals surface area contributed by atoms with Crippen molar-refractivity contribution in [1.29, 1.82) is 0 Å². The highest BCUT2D eigenvalue weighted by Gasteiger charge is 2.23. The number of hydrogen-bond acceptors (Lipinski definition) is 5. The molecule has 3 heterocycles. The SMILES string of the molecule is CCN1CCC[C@@H]1CNc1nc(-c2ccncc2)nc2ccccc12. The van der Waals surface area contributed by atoms with Crippen LogP contribution < -0.4 is 5.32 Å². The van der Waals surface area contributed by atoms with Gasteiger partial charge in [-0.3, -0.25) is 9.88 Å². The zero-order valence-electron chi connectivity index (χ0n) is 14.5. The first-order valence-corrected chi connectivity index (χ1v) is 9.00. The van der Waals surface area contributed by atoms with Gasteiger partial charge >= 0.3 is 0 Å². The van der Waals surface area contributed by atoms with Gasteiger partial charge in [0.1, 0.15) is 5.82 Å². The van der Waals surface area contributed by atoms with Gasteiger partial charge in [0.15, 0.2) is 5.82 Å². The normalized spacial score (nSPS) is 17.9. The minimum Gasteiger partial charge on any atom is -0.368 e. The molecule has 2 aromatic heterocycles. The third kappa shape index (κ3) is 3.33. The maximum atomic E-state index is 4.81. The van der Waals surface area contributed by atoms with E-state index in [0.29, 0.717) is 6.04 Å². The number of pyridine rings is 1. The molecule has 1 saturated heterocycles. The van der Waals surface area contributed by atoms with Crippen LogP contribution in [-0.2, 0) is 0 Å². The molecule has 1 atom stereocenters. The van der Waals surface area contributed by atoms with E-state index in [2.05, 4.69) is 28.2 Å². The summed E-state index contributed by atoms with van der Waals surface area (Å²) in [6.07, 6.45) is 6.09. The minimum atomic E-state index is 0.586. The van der Waals surface area contributed by atoms with Gasteiger partial charge < -0.3 is 5.32 Å².